The van der Waals surface area contributed by atoms with E-state index < -0.39 is 7.37 Å². The topological polar surface area (TPSA) is 71.3 Å². The number of hydrogen-bond donors (Lipinski definition) is 2. The number of hydrogen-bond acceptors (Lipinski definition) is 3. The summed E-state index contributed by atoms with van der Waals surface area (Å²) in [6, 6.07) is 0. The van der Waals surface area contributed by atoms with Gasteiger partial charge in [-0.15, -0.1) is 0 Å². The predicted molar refractivity (Wildman–Crippen MR) is 64.1 cm³/mol. The standard InChI is InChI=1S/C10H21N2O4P/c1-3-12(10(2)13)9-17(14,15)8-11-4-6-16-7-5-11/h3-9H2,1-2H3,(H,14,15)/p+1. The highest BCUT2D eigenvalue weighted by Gasteiger charge is 2.29. The van der Waals surface area contributed by atoms with E-state index in [2.05, 4.69) is 0 Å². The average molecular weight is 265 g/mol. The van der Waals surface area contributed by atoms with Crippen LogP contribution in [0.25, 0.3) is 0 Å². The van der Waals surface area contributed by atoms with E-state index >= 15 is 0 Å². The van der Waals surface area contributed by atoms with Crippen molar-refractivity contribution in [1.29, 1.82) is 0 Å². The molecule has 1 atom stereocenters. The van der Waals surface area contributed by atoms with Crippen LogP contribution in [0, 0.1) is 0 Å². The third kappa shape index (κ3) is 5.17. The van der Waals surface area contributed by atoms with E-state index in [9.17, 15) is 14.3 Å². The zero-order valence-corrected chi connectivity index (χ0v) is 11.4. The molecule has 0 aromatic heterocycles. The number of carbonyl (C=O) groups excluding carboxylic acids is 1. The lowest BCUT2D eigenvalue weighted by Gasteiger charge is -2.28. The number of ether oxygens (including phenoxy) is 1. The Balaban J connectivity index is 2.48. The molecule has 1 rings (SSSR count). The van der Waals surface area contributed by atoms with Crippen molar-refractivity contribution in [3.05, 3.63) is 0 Å². The molecule has 0 aliphatic carbocycles. The second kappa shape index (κ2) is 6.50. The first-order valence-corrected chi connectivity index (χ1v) is 7.95. The number of quaternary nitrogens is 1. The van der Waals surface area contributed by atoms with E-state index in [0.29, 0.717) is 19.8 Å². The molecule has 0 bridgehead atoms. The van der Waals surface area contributed by atoms with Crippen LogP contribution in [0.5, 0.6) is 0 Å². The quantitative estimate of drug-likeness (QED) is 0.623. The molecular weight excluding hydrogens is 243 g/mol. The van der Waals surface area contributed by atoms with E-state index in [4.69, 9.17) is 4.74 Å². The maximum Gasteiger partial charge on any atom is 0.271 e. The van der Waals surface area contributed by atoms with Crippen LogP contribution in [0.2, 0.25) is 0 Å². The lowest BCUT2D eigenvalue weighted by Crippen LogP contribution is -3.13. The number of nitrogens with zero attached hydrogens (tertiary/aromatic N) is 1. The molecule has 1 aliphatic rings. The van der Waals surface area contributed by atoms with Crippen LogP contribution in [-0.2, 0) is 14.1 Å². The van der Waals surface area contributed by atoms with Gasteiger partial charge < -0.3 is 19.4 Å². The molecule has 1 unspecified atom stereocenters. The maximum atomic E-state index is 12.1. The molecule has 1 aliphatic heterocycles. The molecule has 0 spiro atoms. The van der Waals surface area contributed by atoms with Crippen molar-refractivity contribution >= 4 is 13.3 Å². The molecule has 100 valence electrons. The predicted octanol–water partition coefficient (Wildman–Crippen LogP) is -1.04. The second-order valence-corrected chi connectivity index (χ2v) is 6.67. The fourth-order valence-electron chi connectivity index (χ4n) is 1.91. The zero-order valence-electron chi connectivity index (χ0n) is 10.5. The van der Waals surface area contributed by atoms with Crippen LogP contribution in [0.15, 0.2) is 0 Å². The van der Waals surface area contributed by atoms with Crippen molar-refractivity contribution in [2.75, 3.05) is 45.4 Å². The van der Waals surface area contributed by atoms with Gasteiger partial charge in [-0.25, -0.2) is 0 Å². The minimum absolute atomic E-state index is 0.0385. The van der Waals surface area contributed by atoms with Crippen molar-refractivity contribution in [2.24, 2.45) is 0 Å². The summed E-state index contributed by atoms with van der Waals surface area (Å²) >= 11 is 0. The lowest BCUT2D eigenvalue weighted by molar-refractivity contribution is -0.897. The third-order valence-corrected chi connectivity index (χ3v) is 4.61. The summed E-state index contributed by atoms with van der Waals surface area (Å²) < 4.78 is 17.3. The number of rotatable bonds is 5. The molecule has 0 aromatic rings. The van der Waals surface area contributed by atoms with Crippen molar-refractivity contribution in [2.45, 2.75) is 13.8 Å². The van der Waals surface area contributed by atoms with Crippen LogP contribution in [0.3, 0.4) is 0 Å². The maximum absolute atomic E-state index is 12.1. The Morgan fingerprint density at radius 3 is 2.53 bits per heavy atom. The average Bonchev–Trinajstić information content (AvgIpc) is 2.26. The van der Waals surface area contributed by atoms with Gasteiger partial charge in [0.1, 0.15) is 19.4 Å². The molecule has 6 nitrogen and oxygen atoms in total. The van der Waals surface area contributed by atoms with E-state index in [1.54, 1.807) is 0 Å². The van der Waals surface area contributed by atoms with Gasteiger partial charge in [0.2, 0.25) is 5.91 Å². The molecule has 1 heterocycles. The van der Waals surface area contributed by atoms with Gasteiger partial charge in [0.15, 0.2) is 6.29 Å². The molecule has 7 heteroatoms. The molecule has 0 saturated carbocycles. The highest BCUT2D eigenvalue weighted by atomic mass is 31.2. The minimum Gasteiger partial charge on any atom is -0.370 e. The lowest BCUT2D eigenvalue weighted by atomic mass is 10.5. The van der Waals surface area contributed by atoms with Crippen molar-refractivity contribution in [3.8, 4) is 0 Å². The minimum atomic E-state index is -3.28. The van der Waals surface area contributed by atoms with Crippen LogP contribution in [0.4, 0.5) is 0 Å². The smallest absolute Gasteiger partial charge is 0.271 e. The van der Waals surface area contributed by atoms with Crippen LogP contribution < -0.4 is 4.90 Å². The Kier molecular flexibility index (Phi) is 5.59. The summed E-state index contributed by atoms with van der Waals surface area (Å²) in [5, 5.41) is 0. The van der Waals surface area contributed by atoms with E-state index in [1.165, 1.54) is 11.8 Å². The normalized spacial score (nSPS) is 20.9. The monoisotopic (exact) mass is 265 g/mol. The molecule has 1 amide bonds. The Hall–Kier alpha value is -0.420. The summed E-state index contributed by atoms with van der Waals surface area (Å²) in [6.07, 6.45) is 0.184. The van der Waals surface area contributed by atoms with E-state index in [0.717, 1.165) is 18.0 Å². The molecule has 0 aromatic carbocycles. The molecule has 1 fully saturated rings. The highest BCUT2D eigenvalue weighted by molar-refractivity contribution is 7.57. The first-order valence-electron chi connectivity index (χ1n) is 5.92. The van der Waals surface area contributed by atoms with Crippen molar-refractivity contribution in [1.82, 2.24) is 4.90 Å². The summed E-state index contributed by atoms with van der Waals surface area (Å²) in [6.45, 7) is 6.50. The number of amides is 1. The summed E-state index contributed by atoms with van der Waals surface area (Å²) in [4.78, 5) is 23.6. The Morgan fingerprint density at radius 1 is 1.47 bits per heavy atom. The molecule has 2 N–H and O–H groups in total. The first kappa shape index (κ1) is 14.6. The molecule has 1 saturated heterocycles. The van der Waals surface area contributed by atoms with Gasteiger partial charge in [0.25, 0.3) is 7.37 Å². The number of carbonyl (C=O) groups is 1. The van der Waals surface area contributed by atoms with Crippen LogP contribution in [-0.4, -0.2) is 61.1 Å². The third-order valence-electron chi connectivity index (χ3n) is 2.89. The van der Waals surface area contributed by atoms with Gasteiger partial charge in [0, 0.05) is 13.5 Å². The Labute approximate surface area is 102 Å². The van der Waals surface area contributed by atoms with Crippen LogP contribution >= 0.6 is 7.37 Å². The van der Waals surface area contributed by atoms with Gasteiger partial charge >= 0.3 is 0 Å². The molecule has 17 heavy (non-hydrogen) atoms. The van der Waals surface area contributed by atoms with Gasteiger partial charge in [-0.05, 0) is 6.92 Å². The zero-order chi connectivity index (χ0) is 12.9. The number of nitrogens with one attached hydrogen (secondary N) is 1. The number of morpholine rings is 1. The van der Waals surface area contributed by atoms with Crippen molar-refractivity contribution in [3.63, 3.8) is 0 Å². The SMILES string of the molecule is CCN(CP(=O)(O)C[NH+]1CCOCC1)C(C)=O. The Bertz CT molecular complexity index is 305. The van der Waals surface area contributed by atoms with Crippen LogP contribution in [0.1, 0.15) is 13.8 Å². The van der Waals surface area contributed by atoms with Crippen molar-refractivity contribution < 1.29 is 23.9 Å². The van der Waals surface area contributed by atoms with Gasteiger partial charge in [-0.1, -0.05) is 0 Å². The molecule has 0 radical (unpaired) electrons. The van der Waals surface area contributed by atoms with Gasteiger partial charge in [-0.3, -0.25) is 9.36 Å². The highest BCUT2D eigenvalue weighted by Crippen LogP contribution is 2.38. The molecular formula is C10H22N2O4P+. The van der Waals surface area contributed by atoms with E-state index in [-0.39, 0.29) is 18.5 Å². The fraction of sp³-hybridized carbons (Fsp3) is 0.900. The first-order chi connectivity index (χ1) is 7.94. The fourth-order valence-corrected chi connectivity index (χ4v) is 3.95. The largest absolute Gasteiger partial charge is 0.370 e. The van der Waals surface area contributed by atoms with Gasteiger partial charge in [0.05, 0.1) is 13.2 Å². The summed E-state index contributed by atoms with van der Waals surface area (Å²) in [7, 11) is -3.28. The second-order valence-electron chi connectivity index (χ2n) is 4.38. The summed E-state index contributed by atoms with van der Waals surface area (Å²) in [5.74, 6) is -0.154. The van der Waals surface area contributed by atoms with Gasteiger partial charge in [-0.2, -0.15) is 0 Å². The van der Waals surface area contributed by atoms with E-state index in [1.807, 2.05) is 6.92 Å². The Morgan fingerprint density at radius 2 is 2.06 bits per heavy atom. The summed E-state index contributed by atoms with van der Waals surface area (Å²) in [5.41, 5.74) is 0.